The zero-order valence-electron chi connectivity index (χ0n) is 18.1. The van der Waals surface area contributed by atoms with Crippen LogP contribution < -0.4 is 19.7 Å². The molecule has 4 rings (SSSR count). The number of hydrogen-bond acceptors (Lipinski definition) is 5. The first-order chi connectivity index (χ1) is 15.5. The second-order valence-corrected chi connectivity index (χ2v) is 7.55. The van der Waals surface area contributed by atoms with Gasteiger partial charge in [0.1, 0.15) is 11.9 Å². The van der Waals surface area contributed by atoms with Gasteiger partial charge in [-0.1, -0.05) is 30.3 Å². The molecule has 7 nitrogen and oxygen atoms in total. The third-order valence-corrected chi connectivity index (χ3v) is 5.37. The second-order valence-electron chi connectivity index (χ2n) is 7.55. The van der Waals surface area contributed by atoms with Crippen LogP contribution in [0.4, 0.5) is 11.4 Å². The smallest absolute Gasteiger partial charge is 0.257 e. The van der Waals surface area contributed by atoms with Crippen molar-refractivity contribution in [2.75, 3.05) is 23.9 Å². The Balaban J connectivity index is 1.44. The van der Waals surface area contributed by atoms with Crippen molar-refractivity contribution in [2.24, 2.45) is 0 Å². The predicted molar refractivity (Wildman–Crippen MR) is 122 cm³/mol. The van der Waals surface area contributed by atoms with E-state index >= 15 is 0 Å². The van der Waals surface area contributed by atoms with E-state index in [2.05, 4.69) is 10.3 Å². The first-order valence-corrected chi connectivity index (χ1v) is 10.5. The van der Waals surface area contributed by atoms with Gasteiger partial charge in [0, 0.05) is 30.9 Å². The number of nitrogens with zero attached hydrogens (tertiary/aromatic N) is 2. The summed E-state index contributed by atoms with van der Waals surface area (Å²) in [6.45, 7) is 2.59. The number of ether oxygens (including phenoxy) is 2. The Bertz CT molecular complexity index is 1100. The topological polar surface area (TPSA) is 80.8 Å². The highest BCUT2D eigenvalue weighted by atomic mass is 16.5. The molecule has 3 aromatic rings. The molecule has 2 amide bonds. The molecule has 1 aliphatic rings. The number of rotatable bonds is 7. The average Bonchev–Trinajstić information content (AvgIpc) is 3.25. The lowest BCUT2D eigenvalue weighted by Crippen LogP contribution is -2.24. The molecular formula is C25H25N3O4. The maximum Gasteiger partial charge on any atom is 0.257 e. The fourth-order valence-corrected chi connectivity index (χ4v) is 3.64. The lowest BCUT2D eigenvalue weighted by Gasteiger charge is -2.20. The molecule has 7 heteroatoms. The van der Waals surface area contributed by atoms with Gasteiger partial charge in [-0.3, -0.25) is 9.59 Å². The van der Waals surface area contributed by atoms with Gasteiger partial charge >= 0.3 is 0 Å². The van der Waals surface area contributed by atoms with Crippen LogP contribution in [0.25, 0.3) is 0 Å². The Kier molecular flexibility index (Phi) is 6.35. The minimum Gasteiger partial charge on any atom is -0.495 e. The van der Waals surface area contributed by atoms with Gasteiger partial charge in [-0.05, 0) is 43.2 Å². The number of methoxy groups -OCH3 is 1. The monoisotopic (exact) mass is 431 g/mol. The molecule has 2 heterocycles. The number of pyridine rings is 1. The van der Waals surface area contributed by atoms with Crippen molar-refractivity contribution in [3.63, 3.8) is 0 Å². The number of anilines is 2. The van der Waals surface area contributed by atoms with Crippen molar-refractivity contribution in [3.8, 4) is 11.6 Å². The molecule has 1 aromatic heterocycles. The number of amides is 2. The number of aromatic nitrogens is 1. The molecule has 1 fully saturated rings. The molecular weight excluding hydrogens is 406 g/mol. The Labute approximate surface area is 187 Å². The Morgan fingerprint density at radius 3 is 2.59 bits per heavy atom. The van der Waals surface area contributed by atoms with Crippen LogP contribution in [-0.2, 0) is 4.79 Å². The predicted octanol–water partition coefficient (Wildman–Crippen LogP) is 4.61. The van der Waals surface area contributed by atoms with Crippen molar-refractivity contribution in [3.05, 3.63) is 78.0 Å². The minimum atomic E-state index is -0.302. The molecule has 1 N–H and O–H groups in total. The van der Waals surface area contributed by atoms with Crippen LogP contribution in [0.2, 0.25) is 0 Å². The van der Waals surface area contributed by atoms with E-state index in [-0.39, 0.29) is 17.9 Å². The molecule has 1 aliphatic heterocycles. The number of carbonyl (C=O) groups is 2. The van der Waals surface area contributed by atoms with Gasteiger partial charge in [0.15, 0.2) is 0 Å². The maximum absolute atomic E-state index is 12.7. The highest BCUT2D eigenvalue weighted by molar-refractivity contribution is 6.05. The molecule has 0 bridgehead atoms. The summed E-state index contributed by atoms with van der Waals surface area (Å²) in [7, 11) is 1.56. The van der Waals surface area contributed by atoms with Gasteiger partial charge < -0.3 is 19.7 Å². The Morgan fingerprint density at radius 1 is 1.12 bits per heavy atom. The third-order valence-electron chi connectivity index (χ3n) is 5.37. The van der Waals surface area contributed by atoms with Crippen LogP contribution in [0, 0.1) is 0 Å². The summed E-state index contributed by atoms with van der Waals surface area (Å²) in [4.78, 5) is 30.8. The van der Waals surface area contributed by atoms with Crippen LogP contribution in [0.5, 0.6) is 11.6 Å². The zero-order chi connectivity index (χ0) is 22.5. The first-order valence-electron chi connectivity index (χ1n) is 10.5. The molecule has 1 saturated heterocycles. The zero-order valence-corrected chi connectivity index (χ0v) is 18.1. The highest BCUT2D eigenvalue weighted by Crippen LogP contribution is 2.34. The van der Waals surface area contributed by atoms with Crippen molar-refractivity contribution in [1.82, 2.24) is 4.98 Å². The van der Waals surface area contributed by atoms with Crippen LogP contribution in [0.15, 0.2) is 66.9 Å². The molecule has 0 aliphatic carbocycles. The summed E-state index contributed by atoms with van der Waals surface area (Å²) in [5.41, 5.74) is 2.68. The Morgan fingerprint density at radius 2 is 1.94 bits per heavy atom. The van der Waals surface area contributed by atoms with Gasteiger partial charge in [-0.25, -0.2) is 4.98 Å². The van der Waals surface area contributed by atoms with Crippen LogP contribution in [-0.4, -0.2) is 30.5 Å². The van der Waals surface area contributed by atoms with Gasteiger partial charge in [-0.2, -0.15) is 0 Å². The summed E-state index contributed by atoms with van der Waals surface area (Å²) in [5.74, 6) is 0.784. The van der Waals surface area contributed by atoms with Crippen molar-refractivity contribution in [1.29, 1.82) is 0 Å². The summed E-state index contributed by atoms with van der Waals surface area (Å²) in [6.07, 6.45) is 2.65. The molecule has 164 valence electrons. The van der Waals surface area contributed by atoms with Gasteiger partial charge in [0.25, 0.3) is 5.91 Å². The van der Waals surface area contributed by atoms with E-state index in [1.54, 1.807) is 42.3 Å². The number of carbonyl (C=O) groups excluding carboxylic acids is 2. The fourth-order valence-electron chi connectivity index (χ4n) is 3.64. The summed E-state index contributed by atoms with van der Waals surface area (Å²) < 4.78 is 11.3. The van der Waals surface area contributed by atoms with E-state index in [4.69, 9.17) is 9.47 Å². The lowest BCUT2D eigenvalue weighted by molar-refractivity contribution is -0.117. The standard InChI is InChI=1S/C25H25N3O4/c1-17(18-7-4-3-5-8-18)32-23-13-10-19(16-26-23)25(30)27-20-11-12-22(31-2)21(15-20)28-14-6-9-24(28)29/h3-5,7-8,10-13,15-17H,6,9,14H2,1-2H3,(H,27,30)/t17-/m1/s1. The molecule has 0 unspecified atom stereocenters. The van der Waals surface area contributed by atoms with E-state index in [1.165, 1.54) is 6.20 Å². The molecule has 0 radical (unpaired) electrons. The number of hydrogen-bond donors (Lipinski definition) is 1. The van der Waals surface area contributed by atoms with Crippen molar-refractivity contribution >= 4 is 23.2 Å². The van der Waals surface area contributed by atoms with Crippen molar-refractivity contribution in [2.45, 2.75) is 25.9 Å². The normalized spacial score (nSPS) is 14.2. The van der Waals surface area contributed by atoms with E-state index in [0.717, 1.165) is 12.0 Å². The Hall–Kier alpha value is -3.87. The van der Waals surface area contributed by atoms with E-state index in [0.29, 0.717) is 41.5 Å². The summed E-state index contributed by atoms with van der Waals surface area (Å²) in [6, 6.07) is 18.4. The lowest BCUT2D eigenvalue weighted by atomic mass is 10.1. The van der Waals surface area contributed by atoms with Crippen LogP contribution in [0.1, 0.15) is 41.8 Å². The van der Waals surface area contributed by atoms with Crippen molar-refractivity contribution < 1.29 is 19.1 Å². The quantitative estimate of drug-likeness (QED) is 0.591. The fraction of sp³-hybridized carbons (Fsp3) is 0.240. The average molecular weight is 431 g/mol. The third kappa shape index (κ3) is 4.72. The van der Waals surface area contributed by atoms with Crippen LogP contribution >= 0.6 is 0 Å². The summed E-state index contributed by atoms with van der Waals surface area (Å²) >= 11 is 0. The SMILES string of the molecule is COc1ccc(NC(=O)c2ccc(O[C@H](C)c3ccccc3)nc2)cc1N1CCCC1=O. The summed E-state index contributed by atoms with van der Waals surface area (Å²) in [5, 5.41) is 2.86. The number of benzene rings is 2. The van der Waals surface area contributed by atoms with E-state index < -0.39 is 0 Å². The molecule has 0 spiro atoms. The van der Waals surface area contributed by atoms with Gasteiger partial charge in [0.2, 0.25) is 11.8 Å². The molecule has 1 atom stereocenters. The minimum absolute atomic E-state index is 0.0521. The van der Waals surface area contributed by atoms with E-state index in [9.17, 15) is 9.59 Å². The molecule has 2 aromatic carbocycles. The first kappa shape index (κ1) is 21.4. The number of nitrogens with one attached hydrogen (secondary N) is 1. The largest absolute Gasteiger partial charge is 0.495 e. The van der Waals surface area contributed by atoms with E-state index in [1.807, 2.05) is 37.3 Å². The molecule has 0 saturated carbocycles. The second kappa shape index (κ2) is 9.51. The van der Waals surface area contributed by atoms with Gasteiger partial charge in [0.05, 0.1) is 18.4 Å². The molecule has 32 heavy (non-hydrogen) atoms. The highest BCUT2D eigenvalue weighted by Gasteiger charge is 2.25. The maximum atomic E-state index is 12.7. The van der Waals surface area contributed by atoms with Gasteiger partial charge in [-0.15, -0.1) is 0 Å². The van der Waals surface area contributed by atoms with Crippen LogP contribution in [0.3, 0.4) is 0 Å².